The van der Waals surface area contributed by atoms with Crippen LogP contribution in [0, 0.1) is 6.92 Å². The molecule has 0 bridgehead atoms. The highest BCUT2D eigenvalue weighted by Crippen LogP contribution is 2.24. The summed E-state index contributed by atoms with van der Waals surface area (Å²) in [5.74, 6) is -0.209. The lowest BCUT2D eigenvalue weighted by molar-refractivity contribution is -0.137. The first-order valence-corrected chi connectivity index (χ1v) is 9.05. The molecule has 2 heterocycles. The van der Waals surface area contributed by atoms with Gasteiger partial charge in [-0.15, -0.1) is 0 Å². The number of amides is 1. The molecule has 0 atom stereocenters. The number of hydrogen-bond acceptors (Lipinski definition) is 5. The Balaban J connectivity index is 1.70. The number of nitrogens with zero attached hydrogens (tertiary/aromatic N) is 4. The molecule has 3 rings (SSSR count). The summed E-state index contributed by atoms with van der Waals surface area (Å²) in [6, 6.07) is 5.86. The number of aliphatic carboxylic acids is 1. The molecule has 1 N–H and O–H groups in total. The van der Waals surface area contributed by atoms with Gasteiger partial charge in [0.25, 0.3) is 0 Å². The SMILES string of the molecule is Cc1nc2cc(N3CCN(C(=O)OC(C)(C)C)CC3)ccc2n1CC(=O)O. The summed E-state index contributed by atoms with van der Waals surface area (Å²) in [6.07, 6.45) is -0.277. The van der Waals surface area contributed by atoms with Crippen LogP contribution in [0.3, 0.4) is 0 Å². The van der Waals surface area contributed by atoms with E-state index in [1.165, 1.54) is 0 Å². The van der Waals surface area contributed by atoms with Crippen LogP contribution in [-0.4, -0.2) is 63.4 Å². The number of ether oxygens (including phenoxy) is 1. The number of hydrogen-bond donors (Lipinski definition) is 1. The summed E-state index contributed by atoms with van der Waals surface area (Å²) in [6.45, 7) is 9.90. The third-order valence-corrected chi connectivity index (χ3v) is 4.51. The Morgan fingerprint density at radius 2 is 1.85 bits per heavy atom. The van der Waals surface area contributed by atoms with Gasteiger partial charge in [-0.3, -0.25) is 4.79 Å². The van der Waals surface area contributed by atoms with E-state index < -0.39 is 11.6 Å². The second-order valence-corrected chi connectivity index (χ2v) is 7.77. The number of fused-ring (bicyclic) bond motifs is 1. The number of aromatic nitrogens is 2. The maximum Gasteiger partial charge on any atom is 0.410 e. The lowest BCUT2D eigenvalue weighted by atomic mass is 10.2. The van der Waals surface area contributed by atoms with Crippen LogP contribution in [0.1, 0.15) is 26.6 Å². The Morgan fingerprint density at radius 1 is 1.19 bits per heavy atom. The van der Waals surface area contributed by atoms with Crippen LogP contribution >= 0.6 is 0 Å². The topological polar surface area (TPSA) is 87.9 Å². The van der Waals surface area contributed by atoms with Crippen molar-refractivity contribution in [1.82, 2.24) is 14.5 Å². The van der Waals surface area contributed by atoms with Crippen LogP contribution in [-0.2, 0) is 16.1 Å². The number of imidazole rings is 1. The fourth-order valence-electron chi connectivity index (χ4n) is 3.24. The number of piperazine rings is 1. The summed E-state index contributed by atoms with van der Waals surface area (Å²) in [4.78, 5) is 31.7. The lowest BCUT2D eigenvalue weighted by Crippen LogP contribution is -2.50. The van der Waals surface area contributed by atoms with Gasteiger partial charge in [-0.1, -0.05) is 0 Å². The summed E-state index contributed by atoms with van der Waals surface area (Å²) >= 11 is 0. The molecular formula is C19H26N4O4. The summed E-state index contributed by atoms with van der Waals surface area (Å²) in [5, 5.41) is 9.07. The molecule has 8 heteroatoms. The molecule has 0 saturated carbocycles. The maximum atomic E-state index is 12.2. The number of carbonyl (C=O) groups is 2. The number of aryl methyl sites for hydroxylation is 1. The zero-order valence-corrected chi connectivity index (χ0v) is 16.2. The average Bonchev–Trinajstić information content (AvgIpc) is 2.88. The Kier molecular flexibility index (Phi) is 4.99. The molecule has 146 valence electrons. The van der Waals surface area contributed by atoms with Gasteiger partial charge in [0.15, 0.2) is 0 Å². The zero-order chi connectivity index (χ0) is 19.8. The van der Waals surface area contributed by atoms with E-state index in [1.54, 1.807) is 9.47 Å². The second-order valence-electron chi connectivity index (χ2n) is 7.77. The molecule has 1 aromatic carbocycles. The van der Waals surface area contributed by atoms with Gasteiger partial charge in [-0.05, 0) is 45.9 Å². The van der Waals surface area contributed by atoms with Gasteiger partial charge in [0.05, 0.1) is 11.0 Å². The molecule has 27 heavy (non-hydrogen) atoms. The van der Waals surface area contributed by atoms with Crippen LogP contribution in [0.5, 0.6) is 0 Å². The third kappa shape index (κ3) is 4.32. The monoisotopic (exact) mass is 374 g/mol. The van der Waals surface area contributed by atoms with Crippen molar-refractivity contribution in [1.29, 1.82) is 0 Å². The van der Waals surface area contributed by atoms with Crippen molar-refractivity contribution in [2.75, 3.05) is 31.1 Å². The van der Waals surface area contributed by atoms with Crippen LogP contribution < -0.4 is 4.90 Å². The minimum absolute atomic E-state index is 0.101. The summed E-state index contributed by atoms with van der Waals surface area (Å²) < 4.78 is 7.13. The quantitative estimate of drug-likeness (QED) is 0.888. The van der Waals surface area contributed by atoms with Gasteiger partial charge in [0.1, 0.15) is 18.0 Å². The average molecular weight is 374 g/mol. The summed E-state index contributed by atoms with van der Waals surface area (Å²) in [5.41, 5.74) is 2.12. The van der Waals surface area contributed by atoms with E-state index in [-0.39, 0.29) is 12.6 Å². The predicted molar refractivity (Wildman–Crippen MR) is 102 cm³/mol. The van der Waals surface area contributed by atoms with Crippen molar-refractivity contribution in [3.05, 3.63) is 24.0 Å². The fraction of sp³-hybridized carbons (Fsp3) is 0.526. The molecular weight excluding hydrogens is 348 g/mol. The molecule has 0 aliphatic carbocycles. The van der Waals surface area contributed by atoms with E-state index in [4.69, 9.17) is 9.84 Å². The van der Waals surface area contributed by atoms with Crippen LogP contribution in [0.2, 0.25) is 0 Å². The van der Waals surface area contributed by atoms with Gasteiger partial charge in [0.2, 0.25) is 0 Å². The minimum atomic E-state index is -0.889. The van der Waals surface area contributed by atoms with E-state index in [9.17, 15) is 9.59 Å². The highest BCUT2D eigenvalue weighted by atomic mass is 16.6. The Bertz CT molecular complexity index is 860. The van der Waals surface area contributed by atoms with Gasteiger partial charge in [0, 0.05) is 31.9 Å². The fourth-order valence-corrected chi connectivity index (χ4v) is 3.24. The molecule has 1 fully saturated rings. The first kappa shape index (κ1) is 19.0. The minimum Gasteiger partial charge on any atom is -0.480 e. The molecule has 1 saturated heterocycles. The van der Waals surface area contributed by atoms with Crippen molar-refractivity contribution >= 4 is 28.8 Å². The number of rotatable bonds is 3. The first-order chi connectivity index (χ1) is 12.6. The zero-order valence-electron chi connectivity index (χ0n) is 16.2. The van der Waals surface area contributed by atoms with E-state index in [0.717, 1.165) is 16.7 Å². The molecule has 0 spiro atoms. The van der Waals surface area contributed by atoms with Crippen molar-refractivity contribution in [2.45, 2.75) is 39.8 Å². The van der Waals surface area contributed by atoms with Crippen molar-refractivity contribution in [3.8, 4) is 0 Å². The van der Waals surface area contributed by atoms with Gasteiger partial charge in [-0.25, -0.2) is 9.78 Å². The molecule has 1 aliphatic heterocycles. The van der Waals surface area contributed by atoms with E-state index in [2.05, 4.69) is 9.88 Å². The third-order valence-electron chi connectivity index (χ3n) is 4.51. The Morgan fingerprint density at radius 3 is 2.44 bits per heavy atom. The van der Waals surface area contributed by atoms with Crippen LogP contribution in [0.25, 0.3) is 11.0 Å². The second kappa shape index (κ2) is 7.09. The Labute approximate surface area is 158 Å². The molecule has 8 nitrogen and oxygen atoms in total. The molecule has 1 aromatic heterocycles. The predicted octanol–water partition coefficient (Wildman–Crippen LogP) is 2.49. The largest absolute Gasteiger partial charge is 0.480 e. The number of benzene rings is 1. The highest BCUT2D eigenvalue weighted by Gasteiger charge is 2.26. The molecule has 1 aliphatic rings. The van der Waals surface area contributed by atoms with E-state index >= 15 is 0 Å². The first-order valence-electron chi connectivity index (χ1n) is 9.05. The van der Waals surface area contributed by atoms with Gasteiger partial charge >= 0.3 is 12.1 Å². The molecule has 2 aromatic rings. The van der Waals surface area contributed by atoms with Crippen molar-refractivity contribution in [2.24, 2.45) is 0 Å². The van der Waals surface area contributed by atoms with E-state index in [1.807, 2.05) is 45.9 Å². The van der Waals surface area contributed by atoms with Crippen LogP contribution in [0.4, 0.5) is 10.5 Å². The van der Waals surface area contributed by atoms with E-state index in [0.29, 0.717) is 32.0 Å². The Hall–Kier alpha value is -2.77. The summed E-state index contributed by atoms with van der Waals surface area (Å²) in [7, 11) is 0. The molecule has 1 amide bonds. The maximum absolute atomic E-state index is 12.2. The smallest absolute Gasteiger partial charge is 0.410 e. The van der Waals surface area contributed by atoms with Gasteiger partial charge < -0.3 is 24.2 Å². The molecule has 0 radical (unpaired) electrons. The number of carboxylic acids is 1. The van der Waals surface area contributed by atoms with Gasteiger partial charge in [-0.2, -0.15) is 0 Å². The molecule has 0 unspecified atom stereocenters. The number of anilines is 1. The lowest BCUT2D eigenvalue weighted by Gasteiger charge is -2.36. The van der Waals surface area contributed by atoms with Crippen LogP contribution in [0.15, 0.2) is 18.2 Å². The standard InChI is InChI=1S/C19H26N4O4/c1-13-20-15-11-14(5-6-16(15)23(13)12-17(24)25)21-7-9-22(10-8-21)18(26)27-19(2,3)4/h5-6,11H,7-10,12H2,1-4H3,(H,24,25). The number of carboxylic acid groups (broad SMARTS) is 1. The van der Waals surface area contributed by atoms with Crippen molar-refractivity contribution < 1.29 is 19.4 Å². The normalized spacial score (nSPS) is 15.3. The number of carbonyl (C=O) groups excluding carboxylic acids is 1. The highest BCUT2D eigenvalue weighted by molar-refractivity contribution is 5.82. The van der Waals surface area contributed by atoms with Crippen molar-refractivity contribution in [3.63, 3.8) is 0 Å².